The molecule has 0 fully saturated rings. The zero-order valence-electron chi connectivity index (χ0n) is 39.1. The van der Waals surface area contributed by atoms with Gasteiger partial charge in [-0.15, -0.1) is 0 Å². The van der Waals surface area contributed by atoms with Crippen LogP contribution in [0.25, 0.3) is 0 Å². The van der Waals surface area contributed by atoms with Gasteiger partial charge >= 0.3 is 5.97 Å². The largest absolute Gasteiger partial charge is 0.481 e. The van der Waals surface area contributed by atoms with Gasteiger partial charge in [0.05, 0.1) is 18.8 Å². The van der Waals surface area contributed by atoms with Crippen LogP contribution in [0.2, 0.25) is 0 Å². The molecular formula is C43H83N7O14. The number of nitrogens with one attached hydrogen (secondary N) is 4. The number of carbonyl (C=O) groups excluding carboxylic acids is 5. The fourth-order valence-electron chi connectivity index (χ4n) is 6.35. The molecule has 14 N–H and O–H groups in total. The highest BCUT2D eigenvalue weighted by Crippen LogP contribution is 2.14. The van der Waals surface area contributed by atoms with Crippen LogP contribution in [0.4, 0.5) is 0 Å². The first-order chi connectivity index (χ1) is 30.1. The number of aliphatic hydroxyl groups excluding tert-OH is 3. The minimum Gasteiger partial charge on any atom is -0.481 e. The summed E-state index contributed by atoms with van der Waals surface area (Å²) in [5.74, 6) is -7.06. The highest BCUT2D eigenvalue weighted by molar-refractivity contribution is 5.96. The van der Waals surface area contributed by atoms with Crippen molar-refractivity contribution in [1.29, 1.82) is 0 Å². The maximum absolute atomic E-state index is 13.7. The SMILES string of the molecule is CC(=O)O.CC(=O)O.CCCCCCCCCCCCCCCC(=O)N[C@@H](CCCCN)C(=O)N[C@H](C(=O)N(C)[C@H](C(=O)N[C@@H](CCCN)C(=O)N[C@@H](CO)C(=O)O)[C@@H](C)O)[C@@H](C)O. The molecule has 0 aromatic rings. The van der Waals surface area contributed by atoms with E-state index in [0.29, 0.717) is 25.8 Å². The molecule has 21 heteroatoms. The number of carboxylic acids is 3. The number of hydrogen-bond acceptors (Lipinski definition) is 13. The monoisotopic (exact) mass is 922 g/mol. The van der Waals surface area contributed by atoms with Gasteiger partial charge in [-0.2, -0.15) is 0 Å². The third-order valence-electron chi connectivity index (χ3n) is 9.77. The zero-order valence-corrected chi connectivity index (χ0v) is 39.1. The molecule has 374 valence electrons. The number of nitrogens with zero attached hydrogens (tertiary/aromatic N) is 1. The highest BCUT2D eigenvalue weighted by Gasteiger charge is 2.39. The molecule has 0 heterocycles. The molecule has 0 unspecified atom stereocenters. The fourth-order valence-corrected chi connectivity index (χ4v) is 6.35. The van der Waals surface area contributed by atoms with Crippen LogP contribution in [-0.2, 0) is 38.4 Å². The average Bonchev–Trinajstić information content (AvgIpc) is 3.20. The molecular weight excluding hydrogens is 839 g/mol. The summed E-state index contributed by atoms with van der Waals surface area (Å²) in [5, 5.41) is 64.4. The molecule has 0 saturated carbocycles. The number of aliphatic hydroxyl groups is 3. The van der Waals surface area contributed by atoms with Gasteiger partial charge in [0, 0.05) is 27.3 Å². The molecule has 0 aromatic heterocycles. The Morgan fingerprint density at radius 1 is 0.547 bits per heavy atom. The van der Waals surface area contributed by atoms with Crippen LogP contribution in [0.1, 0.15) is 157 Å². The maximum atomic E-state index is 13.7. The van der Waals surface area contributed by atoms with E-state index in [1.807, 2.05) is 0 Å². The lowest BCUT2D eigenvalue weighted by Gasteiger charge is -2.34. The van der Waals surface area contributed by atoms with Crippen LogP contribution < -0.4 is 32.7 Å². The van der Waals surface area contributed by atoms with Crippen molar-refractivity contribution in [3.05, 3.63) is 0 Å². The van der Waals surface area contributed by atoms with Gasteiger partial charge in [0.2, 0.25) is 29.5 Å². The predicted octanol–water partition coefficient (Wildman–Crippen LogP) is 1.12. The lowest BCUT2D eigenvalue weighted by Crippen LogP contribution is -2.63. The molecule has 0 spiro atoms. The first-order valence-electron chi connectivity index (χ1n) is 22.6. The summed E-state index contributed by atoms with van der Waals surface area (Å²) in [4.78, 5) is 96.7. The van der Waals surface area contributed by atoms with Gasteiger partial charge in [0.25, 0.3) is 11.9 Å². The number of carbonyl (C=O) groups is 8. The van der Waals surface area contributed by atoms with Crippen molar-refractivity contribution >= 4 is 47.4 Å². The number of unbranched alkanes of at least 4 members (excludes halogenated alkanes) is 13. The Morgan fingerprint density at radius 3 is 1.36 bits per heavy atom. The smallest absolute Gasteiger partial charge is 0.328 e. The number of nitrogens with two attached hydrogens (primary N) is 2. The Balaban J connectivity index is -0.00000425. The summed E-state index contributed by atoms with van der Waals surface area (Å²) in [7, 11) is 1.18. The fraction of sp³-hybridized carbons (Fsp3) is 0.814. The Labute approximate surface area is 379 Å². The first kappa shape index (κ1) is 63.8. The molecule has 0 saturated heterocycles. The van der Waals surface area contributed by atoms with Crippen LogP contribution in [-0.4, -0.2) is 152 Å². The number of aliphatic carboxylic acids is 3. The van der Waals surface area contributed by atoms with Crippen LogP contribution in [0.3, 0.4) is 0 Å². The van der Waals surface area contributed by atoms with Crippen molar-refractivity contribution in [2.45, 2.75) is 199 Å². The van der Waals surface area contributed by atoms with Gasteiger partial charge in [-0.1, -0.05) is 84.0 Å². The minimum atomic E-state index is -1.64. The standard InChI is InChI=1S/C39H75N7O10.2C2H4O2/c1-5-6-7-8-9-10-11-12-13-14-15-16-17-23-32(50)42-29(21-18-19-24-40)36(52)45-33(27(2)48)38(54)46(4)34(28(3)49)37(53)43-30(22-20-25-41)35(51)44-31(26-47)39(55)56;2*1-2(3)4/h27-31,33-34,47-49H,5-26,40-41H2,1-4H3,(H,42,50)(H,43,53)(H,44,51)(H,45,52)(H,55,56);2*1H3,(H,3,4)/t27-,28-,29+,30+,31+,33+,34+;;/m1../s1. The lowest BCUT2D eigenvalue weighted by molar-refractivity contribution is -0.148. The summed E-state index contributed by atoms with van der Waals surface area (Å²) in [6.07, 6.45) is 14.0. The molecule has 5 amide bonds. The summed E-state index contributed by atoms with van der Waals surface area (Å²) in [6, 6.07) is -7.22. The number of carboxylic acid groups (broad SMARTS) is 3. The summed E-state index contributed by atoms with van der Waals surface area (Å²) in [5.41, 5.74) is 11.2. The number of rotatable bonds is 34. The molecule has 21 nitrogen and oxygen atoms in total. The van der Waals surface area contributed by atoms with Crippen molar-refractivity contribution in [1.82, 2.24) is 26.2 Å². The van der Waals surface area contributed by atoms with Crippen LogP contribution in [0.15, 0.2) is 0 Å². The topological polar surface area (TPSA) is 361 Å². The summed E-state index contributed by atoms with van der Waals surface area (Å²) >= 11 is 0. The van der Waals surface area contributed by atoms with E-state index in [0.717, 1.165) is 38.0 Å². The van der Waals surface area contributed by atoms with E-state index in [1.165, 1.54) is 78.7 Å². The molecule has 0 rings (SSSR count). The molecule has 0 aliphatic heterocycles. The third kappa shape index (κ3) is 34.0. The van der Waals surface area contributed by atoms with Gasteiger partial charge < -0.3 is 68.3 Å². The van der Waals surface area contributed by atoms with Gasteiger partial charge in [-0.3, -0.25) is 33.6 Å². The molecule has 7 atom stereocenters. The second-order valence-corrected chi connectivity index (χ2v) is 15.9. The van der Waals surface area contributed by atoms with E-state index in [2.05, 4.69) is 28.2 Å². The summed E-state index contributed by atoms with van der Waals surface area (Å²) < 4.78 is 0. The average molecular weight is 922 g/mol. The van der Waals surface area contributed by atoms with Crippen molar-refractivity contribution in [2.24, 2.45) is 11.5 Å². The van der Waals surface area contributed by atoms with Crippen LogP contribution in [0.5, 0.6) is 0 Å². The predicted molar refractivity (Wildman–Crippen MR) is 240 cm³/mol. The minimum absolute atomic E-state index is 0.0288. The number of amides is 5. The van der Waals surface area contributed by atoms with Gasteiger partial charge in [-0.25, -0.2) is 4.79 Å². The second kappa shape index (κ2) is 40.1. The molecule has 0 aromatic carbocycles. The maximum Gasteiger partial charge on any atom is 0.328 e. The van der Waals surface area contributed by atoms with Crippen LogP contribution in [0, 0.1) is 0 Å². The quantitative estimate of drug-likeness (QED) is 0.0402. The van der Waals surface area contributed by atoms with E-state index in [4.69, 9.17) is 31.3 Å². The van der Waals surface area contributed by atoms with E-state index < -0.39 is 90.6 Å². The molecule has 0 radical (unpaired) electrons. The highest BCUT2D eigenvalue weighted by atomic mass is 16.4. The van der Waals surface area contributed by atoms with Gasteiger partial charge in [0.15, 0.2) is 0 Å². The van der Waals surface area contributed by atoms with E-state index in [-0.39, 0.29) is 38.1 Å². The van der Waals surface area contributed by atoms with Crippen LogP contribution >= 0.6 is 0 Å². The molecule has 0 aliphatic carbocycles. The molecule has 0 bridgehead atoms. The Hall–Kier alpha value is -4.44. The first-order valence-corrected chi connectivity index (χ1v) is 22.6. The Bertz CT molecular complexity index is 1320. The van der Waals surface area contributed by atoms with Crippen molar-refractivity contribution in [3.63, 3.8) is 0 Å². The van der Waals surface area contributed by atoms with Gasteiger partial charge in [-0.05, 0) is 65.5 Å². The van der Waals surface area contributed by atoms with E-state index in [9.17, 15) is 49.2 Å². The third-order valence-corrected chi connectivity index (χ3v) is 9.77. The zero-order chi connectivity index (χ0) is 49.6. The van der Waals surface area contributed by atoms with E-state index >= 15 is 0 Å². The van der Waals surface area contributed by atoms with Crippen molar-refractivity contribution in [3.8, 4) is 0 Å². The van der Waals surface area contributed by atoms with Crippen molar-refractivity contribution < 1.29 is 69.0 Å². The number of hydrogen-bond donors (Lipinski definition) is 12. The normalized spacial score (nSPS) is 13.9. The van der Waals surface area contributed by atoms with Crippen molar-refractivity contribution in [2.75, 3.05) is 26.7 Å². The lowest BCUT2D eigenvalue weighted by atomic mass is 10.0. The number of likely N-dealkylation sites (N-methyl/N-ethyl adjacent to an activating group) is 1. The van der Waals surface area contributed by atoms with Gasteiger partial charge in [0.1, 0.15) is 30.2 Å². The second-order valence-electron chi connectivity index (χ2n) is 15.9. The molecule has 0 aliphatic rings. The Kier molecular flexibility index (Phi) is 40.0. The Morgan fingerprint density at radius 2 is 0.953 bits per heavy atom. The summed E-state index contributed by atoms with van der Waals surface area (Å²) in [6.45, 7) is 6.47. The van der Waals surface area contributed by atoms with E-state index in [1.54, 1.807) is 0 Å². The molecule has 64 heavy (non-hydrogen) atoms.